The minimum absolute atomic E-state index is 0.0632. The third kappa shape index (κ3) is 3.29. The fourth-order valence-electron chi connectivity index (χ4n) is 2.99. The highest BCUT2D eigenvalue weighted by Crippen LogP contribution is 2.23. The van der Waals surface area contributed by atoms with Crippen LogP contribution in [0.3, 0.4) is 0 Å². The van der Waals surface area contributed by atoms with Crippen LogP contribution in [0.25, 0.3) is 10.9 Å². The number of nitrogens with one attached hydrogen (secondary N) is 2. The third-order valence-electron chi connectivity index (χ3n) is 4.28. The van der Waals surface area contributed by atoms with Gasteiger partial charge in [0.1, 0.15) is 5.82 Å². The molecule has 0 unspecified atom stereocenters. The number of aromatic nitrogens is 4. The minimum Gasteiger partial charge on any atom is -0.302 e. The lowest BCUT2D eigenvalue weighted by Crippen LogP contribution is -2.21. The Bertz CT molecular complexity index is 986. The zero-order chi connectivity index (χ0) is 17.2. The molecular weight excluding hydrogens is 317 g/mol. The van der Waals surface area contributed by atoms with Crippen molar-refractivity contribution in [3.63, 3.8) is 0 Å². The van der Waals surface area contributed by atoms with Gasteiger partial charge in [0.25, 0.3) is 0 Å². The first-order chi connectivity index (χ1) is 12.2. The van der Waals surface area contributed by atoms with Crippen LogP contribution in [0.5, 0.6) is 0 Å². The summed E-state index contributed by atoms with van der Waals surface area (Å²) < 4.78 is 15.0. The maximum atomic E-state index is 13.3. The average Bonchev–Trinajstić information content (AvgIpc) is 3.25. The van der Waals surface area contributed by atoms with Crippen LogP contribution in [0.4, 0.5) is 4.39 Å². The van der Waals surface area contributed by atoms with Gasteiger partial charge in [0.05, 0.1) is 24.0 Å². The summed E-state index contributed by atoms with van der Waals surface area (Å²) >= 11 is 0. The quantitative estimate of drug-likeness (QED) is 0.588. The van der Waals surface area contributed by atoms with E-state index in [2.05, 4.69) is 32.7 Å². The van der Waals surface area contributed by atoms with Crippen LogP contribution in [0.1, 0.15) is 22.7 Å². The van der Waals surface area contributed by atoms with Gasteiger partial charge in [-0.05, 0) is 29.3 Å². The van der Waals surface area contributed by atoms with Gasteiger partial charge < -0.3 is 5.32 Å². The number of nitrogens with zero attached hydrogens (tertiary/aromatic N) is 3. The van der Waals surface area contributed by atoms with Gasteiger partial charge in [-0.2, -0.15) is 10.2 Å². The maximum absolute atomic E-state index is 13.3. The molecule has 4 aromatic rings. The van der Waals surface area contributed by atoms with Crippen molar-refractivity contribution in [2.45, 2.75) is 12.6 Å². The summed E-state index contributed by atoms with van der Waals surface area (Å²) in [5, 5.41) is 15.9. The number of aryl methyl sites for hydroxylation is 1. The van der Waals surface area contributed by atoms with E-state index in [0.29, 0.717) is 6.54 Å². The second kappa shape index (κ2) is 6.49. The molecule has 6 heteroatoms. The standard InChI is InChI=1S/C19H18FN5/c1-25-12-16(11-23-25)19(14-4-6-17(20)7-5-14)21-9-13-2-3-15-10-22-24-18(15)8-13/h2-8,10-12,19,21H,9H2,1H3,(H,22,24)/t19-/m0/s1. The maximum Gasteiger partial charge on any atom is 0.123 e. The van der Waals surface area contributed by atoms with Gasteiger partial charge in [0.15, 0.2) is 0 Å². The van der Waals surface area contributed by atoms with Crippen LogP contribution < -0.4 is 5.32 Å². The fourth-order valence-corrected chi connectivity index (χ4v) is 2.99. The summed E-state index contributed by atoms with van der Waals surface area (Å²) in [6.07, 6.45) is 5.61. The number of rotatable bonds is 5. The normalized spacial score (nSPS) is 12.6. The molecule has 126 valence electrons. The van der Waals surface area contributed by atoms with Crippen molar-refractivity contribution in [1.29, 1.82) is 0 Å². The first kappa shape index (κ1) is 15.5. The van der Waals surface area contributed by atoms with E-state index < -0.39 is 0 Å². The summed E-state index contributed by atoms with van der Waals surface area (Å²) in [6.45, 7) is 0.673. The van der Waals surface area contributed by atoms with Gasteiger partial charge in [0.2, 0.25) is 0 Å². The van der Waals surface area contributed by atoms with Crippen molar-refractivity contribution < 1.29 is 4.39 Å². The first-order valence-electron chi connectivity index (χ1n) is 8.08. The van der Waals surface area contributed by atoms with E-state index in [4.69, 9.17) is 0 Å². The monoisotopic (exact) mass is 335 g/mol. The molecule has 0 fully saturated rings. The summed E-state index contributed by atoms with van der Waals surface area (Å²) in [7, 11) is 1.89. The lowest BCUT2D eigenvalue weighted by Gasteiger charge is -2.18. The summed E-state index contributed by atoms with van der Waals surface area (Å²) in [5.74, 6) is -0.238. The lowest BCUT2D eigenvalue weighted by molar-refractivity contribution is 0.597. The molecule has 1 atom stereocenters. The molecule has 5 nitrogen and oxygen atoms in total. The molecule has 0 aliphatic rings. The van der Waals surface area contributed by atoms with Gasteiger partial charge >= 0.3 is 0 Å². The Morgan fingerprint density at radius 2 is 1.96 bits per heavy atom. The molecule has 0 aliphatic carbocycles. The molecule has 0 spiro atoms. The Morgan fingerprint density at radius 3 is 2.72 bits per heavy atom. The van der Waals surface area contributed by atoms with Crippen LogP contribution in [-0.2, 0) is 13.6 Å². The number of H-pyrrole nitrogens is 1. The van der Waals surface area contributed by atoms with Gasteiger partial charge in [0, 0.05) is 30.7 Å². The molecule has 4 rings (SSSR count). The number of hydrogen-bond acceptors (Lipinski definition) is 3. The van der Waals surface area contributed by atoms with Crippen molar-refractivity contribution >= 4 is 10.9 Å². The average molecular weight is 335 g/mol. The molecule has 0 radical (unpaired) electrons. The molecule has 2 aromatic carbocycles. The summed E-state index contributed by atoms with van der Waals surface area (Å²) in [5.41, 5.74) is 4.19. The van der Waals surface area contributed by atoms with E-state index in [1.165, 1.54) is 12.1 Å². The van der Waals surface area contributed by atoms with E-state index in [0.717, 1.165) is 27.6 Å². The zero-order valence-corrected chi connectivity index (χ0v) is 13.8. The van der Waals surface area contributed by atoms with Gasteiger partial charge in [-0.3, -0.25) is 9.78 Å². The summed E-state index contributed by atoms with van der Waals surface area (Å²) in [4.78, 5) is 0. The van der Waals surface area contributed by atoms with Crippen molar-refractivity contribution in [3.8, 4) is 0 Å². The van der Waals surface area contributed by atoms with Crippen LogP contribution in [0, 0.1) is 5.82 Å². The number of aromatic amines is 1. The number of benzene rings is 2. The lowest BCUT2D eigenvalue weighted by atomic mass is 10.0. The van der Waals surface area contributed by atoms with Crippen LogP contribution >= 0.6 is 0 Å². The molecule has 2 aromatic heterocycles. The summed E-state index contributed by atoms with van der Waals surface area (Å²) in [6, 6.07) is 12.7. The van der Waals surface area contributed by atoms with Crippen molar-refractivity contribution in [3.05, 3.63) is 83.6 Å². The van der Waals surface area contributed by atoms with Gasteiger partial charge in [-0.15, -0.1) is 0 Å². The Kier molecular flexibility index (Phi) is 4.03. The smallest absolute Gasteiger partial charge is 0.123 e. The predicted molar refractivity (Wildman–Crippen MR) is 94.4 cm³/mol. The minimum atomic E-state index is -0.238. The van der Waals surface area contributed by atoms with Crippen LogP contribution in [0.2, 0.25) is 0 Å². The van der Waals surface area contributed by atoms with E-state index in [-0.39, 0.29) is 11.9 Å². The van der Waals surface area contributed by atoms with Gasteiger partial charge in [-0.1, -0.05) is 24.3 Å². The number of fused-ring (bicyclic) bond motifs is 1. The third-order valence-corrected chi connectivity index (χ3v) is 4.28. The zero-order valence-electron chi connectivity index (χ0n) is 13.8. The highest BCUT2D eigenvalue weighted by atomic mass is 19.1. The van der Waals surface area contributed by atoms with E-state index in [1.54, 1.807) is 16.8 Å². The van der Waals surface area contributed by atoms with Crippen molar-refractivity contribution in [2.75, 3.05) is 0 Å². The Balaban J connectivity index is 1.60. The van der Waals surface area contributed by atoms with Crippen molar-refractivity contribution in [2.24, 2.45) is 7.05 Å². The van der Waals surface area contributed by atoms with Gasteiger partial charge in [-0.25, -0.2) is 4.39 Å². The largest absolute Gasteiger partial charge is 0.302 e. The SMILES string of the molecule is Cn1cc([C@@H](NCc2ccc3cn[nH]c3c2)c2ccc(F)cc2)cn1. The molecular formula is C19H18FN5. The molecule has 0 saturated heterocycles. The second-order valence-corrected chi connectivity index (χ2v) is 6.10. The predicted octanol–water partition coefficient (Wildman–Crippen LogP) is 3.31. The second-order valence-electron chi connectivity index (χ2n) is 6.10. The molecule has 0 aliphatic heterocycles. The van der Waals surface area contributed by atoms with E-state index in [9.17, 15) is 4.39 Å². The van der Waals surface area contributed by atoms with E-state index >= 15 is 0 Å². The van der Waals surface area contributed by atoms with Crippen molar-refractivity contribution in [1.82, 2.24) is 25.3 Å². The number of hydrogen-bond donors (Lipinski definition) is 2. The highest BCUT2D eigenvalue weighted by Gasteiger charge is 2.15. The Morgan fingerprint density at radius 1 is 1.12 bits per heavy atom. The highest BCUT2D eigenvalue weighted by molar-refractivity contribution is 5.78. The molecule has 0 saturated carbocycles. The first-order valence-corrected chi connectivity index (χ1v) is 8.08. The Hall–Kier alpha value is -2.99. The fraction of sp³-hybridized carbons (Fsp3) is 0.158. The molecule has 0 bridgehead atoms. The molecule has 25 heavy (non-hydrogen) atoms. The topological polar surface area (TPSA) is 58.5 Å². The molecule has 0 amide bonds. The molecule has 2 heterocycles. The van der Waals surface area contributed by atoms with E-state index in [1.807, 2.05) is 31.7 Å². The Labute approximate surface area is 144 Å². The number of halogens is 1. The van der Waals surface area contributed by atoms with Crippen LogP contribution in [-0.4, -0.2) is 20.0 Å². The molecule has 2 N–H and O–H groups in total. The van der Waals surface area contributed by atoms with Crippen LogP contribution in [0.15, 0.2) is 61.1 Å².